The van der Waals surface area contributed by atoms with Gasteiger partial charge >= 0.3 is 0 Å². The van der Waals surface area contributed by atoms with Gasteiger partial charge in [0.15, 0.2) is 5.96 Å². The Morgan fingerprint density at radius 2 is 2.12 bits per heavy atom. The van der Waals surface area contributed by atoms with E-state index in [1.54, 1.807) is 0 Å². The van der Waals surface area contributed by atoms with Crippen molar-refractivity contribution in [2.75, 3.05) is 5.32 Å². The van der Waals surface area contributed by atoms with Gasteiger partial charge in [0.25, 0.3) is 0 Å². The molecule has 4 rings (SSSR count). The van der Waals surface area contributed by atoms with Crippen LogP contribution in [0.1, 0.15) is 19.0 Å². The summed E-state index contributed by atoms with van der Waals surface area (Å²) < 4.78 is 2.17. The highest BCUT2D eigenvalue weighted by Gasteiger charge is 2.36. The Morgan fingerprint density at radius 1 is 1.29 bits per heavy atom. The molecule has 1 saturated carbocycles. The predicted octanol–water partition coefficient (Wildman–Crippen LogP) is 1.69. The highest BCUT2D eigenvalue weighted by atomic mass is 15.4. The summed E-state index contributed by atoms with van der Waals surface area (Å²) in [5, 5.41) is 3.04. The van der Waals surface area contributed by atoms with Crippen molar-refractivity contribution >= 4 is 22.9 Å². The summed E-state index contributed by atoms with van der Waals surface area (Å²) in [6, 6.07) is 8.13. The molecule has 2 aliphatic rings. The largest absolute Gasteiger partial charge is 0.370 e. The van der Waals surface area contributed by atoms with Crippen LogP contribution in [-0.4, -0.2) is 15.5 Å². The second-order valence-electron chi connectivity index (χ2n) is 4.68. The SMILES string of the molecule is NC1=NC(C2CC2)n2c(nc3ccccc32)N1. The summed E-state index contributed by atoms with van der Waals surface area (Å²) >= 11 is 0. The Hall–Kier alpha value is -2.04. The van der Waals surface area contributed by atoms with Crippen LogP contribution in [0.3, 0.4) is 0 Å². The number of imidazole rings is 1. The zero-order valence-corrected chi connectivity index (χ0v) is 9.30. The summed E-state index contributed by atoms with van der Waals surface area (Å²) in [4.78, 5) is 9.07. The molecule has 0 spiro atoms. The van der Waals surface area contributed by atoms with E-state index in [9.17, 15) is 0 Å². The third kappa shape index (κ3) is 1.25. The molecule has 2 heterocycles. The van der Waals surface area contributed by atoms with Gasteiger partial charge in [0.2, 0.25) is 5.95 Å². The Labute approximate surface area is 98.3 Å². The van der Waals surface area contributed by atoms with Crippen molar-refractivity contribution in [3.63, 3.8) is 0 Å². The van der Waals surface area contributed by atoms with Crippen LogP contribution < -0.4 is 11.1 Å². The number of anilines is 1. The van der Waals surface area contributed by atoms with Gasteiger partial charge in [-0.3, -0.25) is 9.88 Å². The number of benzene rings is 1. The van der Waals surface area contributed by atoms with Crippen LogP contribution in [0.4, 0.5) is 5.95 Å². The van der Waals surface area contributed by atoms with Crippen molar-refractivity contribution in [2.45, 2.75) is 19.0 Å². The molecule has 3 N–H and O–H groups in total. The lowest BCUT2D eigenvalue weighted by Crippen LogP contribution is -2.31. The molecule has 0 radical (unpaired) electrons. The van der Waals surface area contributed by atoms with E-state index in [-0.39, 0.29) is 6.17 Å². The number of hydrogen-bond acceptors (Lipinski definition) is 4. The first-order valence-electron chi connectivity index (χ1n) is 5.90. The average Bonchev–Trinajstić information content (AvgIpc) is 3.09. The lowest BCUT2D eigenvalue weighted by atomic mass is 10.2. The minimum Gasteiger partial charge on any atom is -0.370 e. The Balaban J connectivity index is 1.98. The average molecular weight is 227 g/mol. The quantitative estimate of drug-likeness (QED) is 0.778. The Morgan fingerprint density at radius 3 is 2.94 bits per heavy atom. The molecule has 1 unspecified atom stereocenters. The van der Waals surface area contributed by atoms with E-state index in [1.807, 2.05) is 18.2 Å². The molecule has 5 heteroatoms. The molecule has 17 heavy (non-hydrogen) atoms. The van der Waals surface area contributed by atoms with Crippen molar-refractivity contribution in [1.29, 1.82) is 0 Å². The summed E-state index contributed by atoms with van der Waals surface area (Å²) in [6.07, 6.45) is 2.58. The second kappa shape index (κ2) is 3.00. The van der Waals surface area contributed by atoms with Crippen LogP contribution in [0.25, 0.3) is 11.0 Å². The molecule has 0 saturated heterocycles. The van der Waals surface area contributed by atoms with Gasteiger partial charge in [-0.2, -0.15) is 0 Å². The van der Waals surface area contributed by atoms with Crippen molar-refractivity contribution in [1.82, 2.24) is 9.55 Å². The van der Waals surface area contributed by atoms with E-state index in [0.29, 0.717) is 11.9 Å². The maximum atomic E-state index is 5.81. The predicted molar refractivity (Wildman–Crippen MR) is 66.7 cm³/mol. The first-order chi connectivity index (χ1) is 8.33. The number of nitrogens with two attached hydrogens (primary N) is 1. The Kier molecular flexibility index (Phi) is 1.59. The number of guanidine groups is 1. The van der Waals surface area contributed by atoms with Gasteiger partial charge in [0, 0.05) is 5.92 Å². The van der Waals surface area contributed by atoms with E-state index in [1.165, 1.54) is 12.8 Å². The topological polar surface area (TPSA) is 68.2 Å². The maximum Gasteiger partial charge on any atom is 0.212 e. The van der Waals surface area contributed by atoms with Gasteiger partial charge in [0.05, 0.1) is 11.0 Å². The van der Waals surface area contributed by atoms with Gasteiger partial charge in [0.1, 0.15) is 6.17 Å². The molecule has 1 aliphatic carbocycles. The third-order valence-electron chi connectivity index (χ3n) is 3.42. The fraction of sp³-hybridized carbons (Fsp3) is 0.333. The fourth-order valence-electron chi connectivity index (χ4n) is 2.46. The summed E-state index contributed by atoms with van der Waals surface area (Å²) in [5.41, 5.74) is 7.93. The number of hydrogen-bond donors (Lipinski definition) is 2. The molecule has 2 aromatic rings. The van der Waals surface area contributed by atoms with E-state index < -0.39 is 0 Å². The number of aliphatic imine (C=N–C) groups is 1. The van der Waals surface area contributed by atoms with Crippen LogP contribution in [0.15, 0.2) is 29.3 Å². The van der Waals surface area contributed by atoms with Crippen LogP contribution in [0.2, 0.25) is 0 Å². The van der Waals surface area contributed by atoms with Crippen LogP contribution in [0.5, 0.6) is 0 Å². The molecule has 1 fully saturated rings. The number of para-hydroxylation sites is 2. The van der Waals surface area contributed by atoms with Gasteiger partial charge in [-0.25, -0.2) is 9.98 Å². The van der Waals surface area contributed by atoms with E-state index in [0.717, 1.165) is 17.0 Å². The zero-order chi connectivity index (χ0) is 11.4. The molecule has 1 aromatic carbocycles. The first kappa shape index (κ1) is 9.04. The maximum absolute atomic E-state index is 5.81. The lowest BCUT2D eigenvalue weighted by Gasteiger charge is -2.23. The number of aromatic nitrogens is 2. The minimum absolute atomic E-state index is 0.124. The minimum atomic E-state index is 0.124. The third-order valence-corrected chi connectivity index (χ3v) is 3.42. The lowest BCUT2D eigenvalue weighted by molar-refractivity contribution is 0.474. The molecule has 86 valence electrons. The number of rotatable bonds is 1. The summed E-state index contributed by atoms with van der Waals surface area (Å²) in [7, 11) is 0. The van der Waals surface area contributed by atoms with Crippen LogP contribution >= 0.6 is 0 Å². The van der Waals surface area contributed by atoms with Gasteiger partial charge < -0.3 is 5.73 Å². The molecule has 1 atom stereocenters. The molecule has 1 aliphatic heterocycles. The normalized spacial score (nSPS) is 23.1. The van der Waals surface area contributed by atoms with Crippen molar-refractivity contribution in [2.24, 2.45) is 16.6 Å². The van der Waals surface area contributed by atoms with Crippen LogP contribution in [0, 0.1) is 5.92 Å². The van der Waals surface area contributed by atoms with Crippen molar-refractivity contribution in [3.05, 3.63) is 24.3 Å². The molecule has 5 nitrogen and oxygen atoms in total. The van der Waals surface area contributed by atoms with Gasteiger partial charge in [-0.05, 0) is 25.0 Å². The summed E-state index contributed by atoms with van der Waals surface area (Å²) in [6.45, 7) is 0. The highest BCUT2D eigenvalue weighted by Crippen LogP contribution is 2.44. The number of nitrogens with zero attached hydrogens (tertiary/aromatic N) is 3. The number of nitrogens with one attached hydrogen (secondary N) is 1. The smallest absolute Gasteiger partial charge is 0.212 e. The number of fused-ring (bicyclic) bond motifs is 3. The monoisotopic (exact) mass is 227 g/mol. The molecule has 0 amide bonds. The highest BCUT2D eigenvalue weighted by molar-refractivity contribution is 5.94. The Bertz CT molecular complexity index is 623. The molecular formula is C12H13N5. The molecule has 1 aromatic heterocycles. The fourth-order valence-corrected chi connectivity index (χ4v) is 2.46. The van der Waals surface area contributed by atoms with E-state index >= 15 is 0 Å². The van der Waals surface area contributed by atoms with Crippen LogP contribution in [-0.2, 0) is 0 Å². The van der Waals surface area contributed by atoms with Crippen molar-refractivity contribution in [3.8, 4) is 0 Å². The second-order valence-corrected chi connectivity index (χ2v) is 4.68. The molecule has 0 bridgehead atoms. The van der Waals surface area contributed by atoms with Gasteiger partial charge in [-0.15, -0.1) is 0 Å². The van der Waals surface area contributed by atoms with E-state index in [4.69, 9.17) is 5.73 Å². The molecular weight excluding hydrogens is 214 g/mol. The first-order valence-corrected chi connectivity index (χ1v) is 5.90. The zero-order valence-electron chi connectivity index (χ0n) is 9.30. The van der Waals surface area contributed by atoms with Crippen molar-refractivity contribution < 1.29 is 0 Å². The summed E-state index contributed by atoms with van der Waals surface area (Å²) in [5.74, 6) is 1.91. The van der Waals surface area contributed by atoms with E-state index in [2.05, 4.69) is 25.9 Å². The standard InChI is InChI=1S/C12H13N5/c13-11-15-10(7-5-6-7)17-9-4-2-1-3-8(9)14-12(17)16-11/h1-4,7,10H,5-6H2,(H3,13,14,15,16). The van der Waals surface area contributed by atoms with Gasteiger partial charge in [-0.1, -0.05) is 12.1 Å².